The van der Waals surface area contributed by atoms with E-state index in [9.17, 15) is 13.2 Å². The highest BCUT2D eigenvalue weighted by molar-refractivity contribution is 7.92. The second kappa shape index (κ2) is 10.3. The van der Waals surface area contributed by atoms with Crippen molar-refractivity contribution in [3.05, 3.63) is 90.0 Å². The number of amides is 1. The predicted octanol–water partition coefficient (Wildman–Crippen LogP) is 3.53. The van der Waals surface area contributed by atoms with E-state index in [-0.39, 0.29) is 22.4 Å². The van der Waals surface area contributed by atoms with E-state index in [1.807, 2.05) is 49.3 Å². The van der Waals surface area contributed by atoms with Crippen molar-refractivity contribution in [1.29, 1.82) is 0 Å². The number of carbonyl (C=O) groups is 1. The van der Waals surface area contributed by atoms with Crippen molar-refractivity contribution >= 4 is 21.6 Å². The fourth-order valence-corrected chi connectivity index (χ4v) is 4.42. The minimum atomic E-state index is -3.91. The average Bonchev–Trinajstić information content (AvgIpc) is 2.80. The zero-order valence-electron chi connectivity index (χ0n) is 18.3. The SMILES string of the molecule is COc1ccccc1NS(=O)(=O)c1cccc(C(=O)NC[C@@H](c2ccccc2)N(C)C)c1. The van der Waals surface area contributed by atoms with Gasteiger partial charge in [-0.2, -0.15) is 0 Å². The lowest BCUT2D eigenvalue weighted by atomic mass is 10.1. The van der Waals surface area contributed by atoms with E-state index in [1.54, 1.807) is 36.4 Å². The lowest BCUT2D eigenvalue weighted by Crippen LogP contribution is -2.34. The first-order valence-electron chi connectivity index (χ1n) is 10.1. The van der Waals surface area contributed by atoms with Crippen molar-refractivity contribution in [3.8, 4) is 5.75 Å². The van der Waals surface area contributed by atoms with Gasteiger partial charge >= 0.3 is 0 Å². The van der Waals surface area contributed by atoms with E-state index >= 15 is 0 Å². The maximum absolute atomic E-state index is 12.9. The highest BCUT2D eigenvalue weighted by Crippen LogP contribution is 2.26. The summed E-state index contributed by atoms with van der Waals surface area (Å²) < 4.78 is 33.5. The number of hydrogen-bond acceptors (Lipinski definition) is 5. The molecule has 3 rings (SSSR count). The quantitative estimate of drug-likeness (QED) is 0.518. The number of methoxy groups -OCH3 is 1. The van der Waals surface area contributed by atoms with Crippen LogP contribution < -0.4 is 14.8 Å². The lowest BCUT2D eigenvalue weighted by molar-refractivity contribution is 0.0941. The smallest absolute Gasteiger partial charge is 0.262 e. The number of ether oxygens (including phenoxy) is 1. The maximum Gasteiger partial charge on any atom is 0.262 e. The summed E-state index contributed by atoms with van der Waals surface area (Å²) in [4.78, 5) is 14.8. The Morgan fingerprint density at radius 3 is 2.34 bits per heavy atom. The average molecular weight is 454 g/mol. The molecule has 3 aromatic carbocycles. The van der Waals surface area contributed by atoms with Crippen LogP contribution in [0.2, 0.25) is 0 Å². The van der Waals surface area contributed by atoms with Gasteiger partial charge in [0.15, 0.2) is 0 Å². The Bertz CT molecular complexity index is 1160. The molecule has 8 heteroatoms. The molecular weight excluding hydrogens is 426 g/mol. The van der Waals surface area contributed by atoms with Crippen LogP contribution in [-0.2, 0) is 10.0 Å². The first kappa shape index (κ1) is 23.3. The van der Waals surface area contributed by atoms with Gasteiger partial charge < -0.3 is 15.0 Å². The van der Waals surface area contributed by atoms with Crippen LogP contribution in [0, 0.1) is 0 Å². The molecule has 0 aromatic heterocycles. The summed E-state index contributed by atoms with van der Waals surface area (Å²) >= 11 is 0. The van der Waals surface area contributed by atoms with E-state index in [0.717, 1.165) is 5.56 Å². The summed E-state index contributed by atoms with van der Waals surface area (Å²) in [6, 6.07) is 22.5. The summed E-state index contributed by atoms with van der Waals surface area (Å²) in [7, 11) is 1.45. The van der Waals surface area contributed by atoms with Crippen molar-refractivity contribution in [2.24, 2.45) is 0 Å². The number of hydrogen-bond donors (Lipinski definition) is 2. The molecule has 0 spiro atoms. The van der Waals surface area contributed by atoms with Crippen molar-refractivity contribution in [2.45, 2.75) is 10.9 Å². The molecular formula is C24H27N3O4S. The standard InChI is InChI=1S/C24H27N3O4S/c1-27(2)22(18-10-5-4-6-11-18)17-25-24(28)19-12-9-13-20(16-19)32(29,30)26-21-14-7-8-15-23(21)31-3/h4-16,22,26H,17H2,1-3H3,(H,25,28)/t22-/m0/s1. The van der Waals surface area contributed by atoms with Crippen LogP contribution in [0.3, 0.4) is 0 Å². The third-order valence-electron chi connectivity index (χ3n) is 5.02. The Morgan fingerprint density at radius 2 is 1.66 bits per heavy atom. The second-order valence-corrected chi connectivity index (χ2v) is 9.12. The monoisotopic (exact) mass is 453 g/mol. The molecule has 0 unspecified atom stereocenters. The molecule has 1 amide bonds. The Hall–Kier alpha value is -3.36. The zero-order valence-corrected chi connectivity index (χ0v) is 19.1. The first-order valence-corrected chi connectivity index (χ1v) is 11.6. The molecule has 0 bridgehead atoms. The zero-order chi connectivity index (χ0) is 23.1. The fraction of sp³-hybridized carbons (Fsp3) is 0.208. The largest absolute Gasteiger partial charge is 0.495 e. The van der Waals surface area contributed by atoms with Crippen molar-refractivity contribution in [2.75, 3.05) is 32.5 Å². The van der Waals surface area contributed by atoms with Gasteiger partial charge in [0.05, 0.1) is 23.7 Å². The van der Waals surface area contributed by atoms with Gasteiger partial charge in [0.1, 0.15) is 5.75 Å². The van der Waals surface area contributed by atoms with Crippen LogP contribution in [0.1, 0.15) is 22.0 Å². The molecule has 0 aliphatic rings. The number of nitrogens with one attached hydrogen (secondary N) is 2. The molecule has 0 heterocycles. The Morgan fingerprint density at radius 1 is 0.969 bits per heavy atom. The van der Waals surface area contributed by atoms with Crippen LogP contribution in [0.25, 0.3) is 0 Å². The summed E-state index contributed by atoms with van der Waals surface area (Å²) in [6.07, 6.45) is 0. The van der Waals surface area contributed by atoms with Crippen molar-refractivity contribution in [3.63, 3.8) is 0 Å². The Balaban J connectivity index is 1.75. The van der Waals surface area contributed by atoms with Crippen LogP contribution in [0.4, 0.5) is 5.69 Å². The number of likely N-dealkylation sites (N-methyl/N-ethyl adjacent to an activating group) is 1. The molecule has 1 atom stereocenters. The normalized spacial score (nSPS) is 12.2. The summed E-state index contributed by atoms with van der Waals surface area (Å²) in [5, 5.41) is 2.91. The highest BCUT2D eigenvalue weighted by atomic mass is 32.2. The number of sulfonamides is 1. The summed E-state index contributed by atoms with van der Waals surface area (Å²) in [5.74, 6) is 0.0581. The molecule has 2 N–H and O–H groups in total. The molecule has 7 nitrogen and oxygen atoms in total. The molecule has 32 heavy (non-hydrogen) atoms. The third kappa shape index (κ3) is 5.66. The molecule has 0 aliphatic heterocycles. The van der Waals surface area contributed by atoms with Gasteiger partial charge in [-0.05, 0) is 50.0 Å². The Kier molecular flexibility index (Phi) is 7.50. The highest BCUT2D eigenvalue weighted by Gasteiger charge is 2.19. The lowest BCUT2D eigenvalue weighted by Gasteiger charge is -2.25. The second-order valence-electron chi connectivity index (χ2n) is 7.43. The molecule has 0 saturated carbocycles. The van der Waals surface area contributed by atoms with Crippen LogP contribution in [0.15, 0.2) is 83.8 Å². The molecule has 0 radical (unpaired) electrons. The number of nitrogens with zero attached hydrogens (tertiary/aromatic N) is 1. The Labute approximate surface area is 189 Å². The van der Waals surface area contributed by atoms with Crippen LogP contribution >= 0.6 is 0 Å². The third-order valence-corrected chi connectivity index (χ3v) is 6.38. The maximum atomic E-state index is 12.9. The van der Waals surface area contributed by atoms with Gasteiger partial charge in [-0.1, -0.05) is 48.5 Å². The number of rotatable bonds is 9. The van der Waals surface area contributed by atoms with Gasteiger partial charge in [0.2, 0.25) is 0 Å². The topological polar surface area (TPSA) is 87.7 Å². The van der Waals surface area contributed by atoms with Gasteiger partial charge in [0.25, 0.3) is 15.9 Å². The molecule has 0 aliphatic carbocycles. The van der Waals surface area contributed by atoms with Crippen molar-refractivity contribution < 1.29 is 17.9 Å². The number of carbonyl (C=O) groups excluding carboxylic acids is 1. The van der Waals surface area contributed by atoms with E-state index < -0.39 is 10.0 Å². The number of para-hydroxylation sites is 2. The van der Waals surface area contributed by atoms with Gasteiger partial charge in [-0.25, -0.2) is 8.42 Å². The molecule has 168 valence electrons. The van der Waals surface area contributed by atoms with E-state index in [1.165, 1.54) is 19.2 Å². The van der Waals surface area contributed by atoms with E-state index in [2.05, 4.69) is 10.0 Å². The summed E-state index contributed by atoms with van der Waals surface area (Å²) in [5.41, 5.74) is 1.66. The predicted molar refractivity (Wildman–Crippen MR) is 125 cm³/mol. The fourth-order valence-electron chi connectivity index (χ4n) is 3.30. The van der Waals surface area contributed by atoms with E-state index in [0.29, 0.717) is 18.0 Å². The molecule has 3 aromatic rings. The first-order chi connectivity index (χ1) is 15.3. The van der Waals surface area contributed by atoms with Gasteiger partial charge in [-0.3, -0.25) is 9.52 Å². The van der Waals surface area contributed by atoms with Gasteiger partial charge in [-0.15, -0.1) is 0 Å². The van der Waals surface area contributed by atoms with Crippen LogP contribution in [-0.4, -0.2) is 47.0 Å². The summed E-state index contributed by atoms with van der Waals surface area (Å²) in [6.45, 7) is 0.381. The minimum Gasteiger partial charge on any atom is -0.495 e. The van der Waals surface area contributed by atoms with Crippen LogP contribution in [0.5, 0.6) is 5.75 Å². The van der Waals surface area contributed by atoms with E-state index in [4.69, 9.17) is 4.74 Å². The molecule has 0 saturated heterocycles. The van der Waals surface area contributed by atoms with Gasteiger partial charge in [0, 0.05) is 12.1 Å². The molecule has 0 fully saturated rings. The minimum absolute atomic E-state index is 0.0109. The van der Waals surface area contributed by atoms with Crippen molar-refractivity contribution in [1.82, 2.24) is 10.2 Å². The number of anilines is 1. The number of benzene rings is 3.